The molecule has 80 valence electrons. The van der Waals surface area contributed by atoms with Gasteiger partial charge in [-0.2, -0.15) is 0 Å². The molecule has 1 aliphatic rings. The first kappa shape index (κ1) is 11.2. The molecule has 1 aliphatic heterocycles. The molecular formula is C11H19NO2. The monoisotopic (exact) mass is 197 g/mol. The van der Waals surface area contributed by atoms with E-state index in [9.17, 15) is 9.90 Å². The van der Waals surface area contributed by atoms with Crippen LogP contribution >= 0.6 is 0 Å². The van der Waals surface area contributed by atoms with Crippen molar-refractivity contribution in [3.63, 3.8) is 0 Å². The molecule has 3 heteroatoms. The van der Waals surface area contributed by atoms with E-state index in [4.69, 9.17) is 0 Å². The van der Waals surface area contributed by atoms with Gasteiger partial charge in [-0.25, -0.2) is 0 Å². The van der Waals surface area contributed by atoms with Gasteiger partial charge in [-0.15, -0.1) is 0 Å². The summed E-state index contributed by atoms with van der Waals surface area (Å²) in [5, 5.41) is 12.5. The molecule has 0 fully saturated rings. The predicted octanol–water partition coefficient (Wildman–Crippen LogP) is 1.72. The molecule has 0 spiro atoms. The summed E-state index contributed by atoms with van der Waals surface area (Å²) >= 11 is 0. The third kappa shape index (κ3) is 2.58. The highest BCUT2D eigenvalue weighted by molar-refractivity contribution is 5.96. The van der Waals surface area contributed by atoms with Crippen LogP contribution in [0.15, 0.2) is 11.6 Å². The minimum atomic E-state index is -1.07. The molecule has 1 amide bonds. The highest BCUT2D eigenvalue weighted by atomic mass is 16.3. The summed E-state index contributed by atoms with van der Waals surface area (Å²) in [4.78, 5) is 11.4. The Morgan fingerprint density at radius 2 is 2.14 bits per heavy atom. The van der Waals surface area contributed by atoms with Gasteiger partial charge >= 0.3 is 0 Å². The Bertz CT molecular complexity index is 248. The Morgan fingerprint density at radius 1 is 1.43 bits per heavy atom. The van der Waals surface area contributed by atoms with Gasteiger partial charge in [0.25, 0.3) is 0 Å². The number of aliphatic hydroxyl groups is 1. The second-order valence-electron chi connectivity index (χ2n) is 3.90. The minimum absolute atomic E-state index is 0.102. The lowest BCUT2D eigenvalue weighted by molar-refractivity contribution is -0.120. The van der Waals surface area contributed by atoms with Crippen LogP contribution in [0.1, 0.15) is 46.0 Å². The molecule has 0 bridgehead atoms. The maximum absolute atomic E-state index is 11.4. The average Bonchev–Trinajstić information content (AvgIpc) is 2.38. The van der Waals surface area contributed by atoms with Crippen molar-refractivity contribution in [3.8, 4) is 0 Å². The van der Waals surface area contributed by atoms with Crippen molar-refractivity contribution in [2.45, 2.75) is 51.7 Å². The van der Waals surface area contributed by atoms with Crippen molar-refractivity contribution in [1.29, 1.82) is 0 Å². The maximum Gasteiger partial charge on any atom is 0.249 e. The Balaban J connectivity index is 2.61. The molecule has 14 heavy (non-hydrogen) atoms. The van der Waals surface area contributed by atoms with Crippen LogP contribution in [-0.4, -0.2) is 16.7 Å². The summed E-state index contributed by atoms with van der Waals surface area (Å²) in [6, 6.07) is 0. The van der Waals surface area contributed by atoms with Crippen molar-refractivity contribution >= 4 is 5.91 Å². The molecule has 0 aromatic rings. The normalized spacial score (nSPS) is 26.2. The summed E-state index contributed by atoms with van der Waals surface area (Å²) in [5.74, 6) is -0.102. The van der Waals surface area contributed by atoms with E-state index < -0.39 is 5.72 Å². The van der Waals surface area contributed by atoms with Gasteiger partial charge in [0.2, 0.25) is 5.91 Å². The van der Waals surface area contributed by atoms with E-state index in [1.165, 1.54) is 0 Å². The molecule has 3 nitrogen and oxygen atoms in total. The molecule has 0 saturated heterocycles. The fourth-order valence-corrected chi connectivity index (χ4v) is 1.74. The molecule has 1 unspecified atom stereocenters. The van der Waals surface area contributed by atoms with Crippen molar-refractivity contribution in [3.05, 3.63) is 11.6 Å². The molecule has 0 aliphatic carbocycles. The van der Waals surface area contributed by atoms with Crippen LogP contribution in [0.5, 0.6) is 0 Å². The summed E-state index contributed by atoms with van der Waals surface area (Å²) in [6.07, 6.45) is 5.98. The second-order valence-corrected chi connectivity index (χ2v) is 3.90. The lowest BCUT2D eigenvalue weighted by Gasteiger charge is -2.19. The summed E-state index contributed by atoms with van der Waals surface area (Å²) in [6.45, 7) is 4.08. The summed E-state index contributed by atoms with van der Waals surface area (Å²) in [5.41, 5.74) is -0.336. The highest BCUT2D eigenvalue weighted by Crippen LogP contribution is 2.23. The number of nitrogens with one attached hydrogen (secondary N) is 1. The first-order valence-electron chi connectivity index (χ1n) is 5.38. The van der Waals surface area contributed by atoms with Gasteiger partial charge in [-0.05, 0) is 25.3 Å². The molecular weight excluding hydrogens is 178 g/mol. The zero-order chi connectivity index (χ0) is 10.6. The Hall–Kier alpha value is -0.830. The van der Waals surface area contributed by atoms with Crippen LogP contribution in [-0.2, 0) is 4.79 Å². The topological polar surface area (TPSA) is 49.3 Å². The van der Waals surface area contributed by atoms with Crippen molar-refractivity contribution in [2.75, 3.05) is 0 Å². The number of rotatable bonds is 5. The van der Waals surface area contributed by atoms with Crippen LogP contribution in [0.3, 0.4) is 0 Å². The molecule has 1 atom stereocenters. The van der Waals surface area contributed by atoms with E-state index in [1.54, 1.807) is 6.08 Å². The lowest BCUT2D eigenvalue weighted by atomic mass is 10.1. The molecule has 1 heterocycles. The highest BCUT2D eigenvalue weighted by Gasteiger charge is 2.33. The van der Waals surface area contributed by atoms with E-state index in [0.717, 1.165) is 31.3 Å². The largest absolute Gasteiger partial charge is 0.367 e. The number of hydrogen-bond donors (Lipinski definition) is 2. The van der Waals surface area contributed by atoms with Crippen LogP contribution in [0.2, 0.25) is 0 Å². The number of carbonyl (C=O) groups is 1. The summed E-state index contributed by atoms with van der Waals surface area (Å²) in [7, 11) is 0. The number of unbranched alkanes of at least 4 members (excludes halogenated alkanes) is 1. The van der Waals surface area contributed by atoms with E-state index in [1.807, 2.05) is 6.92 Å². The van der Waals surface area contributed by atoms with E-state index in [-0.39, 0.29) is 5.91 Å². The molecule has 2 N–H and O–H groups in total. The van der Waals surface area contributed by atoms with Crippen LogP contribution in [0, 0.1) is 0 Å². The van der Waals surface area contributed by atoms with Crippen molar-refractivity contribution in [2.24, 2.45) is 0 Å². The van der Waals surface area contributed by atoms with Gasteiger partial charge in [0, 0.05) is 5.57 Å². The number of amides is 1. The first-order chi connectivity index (χ1) is 6.61. The standard InChI is InChI=1S/C11H19NO2/c1-3-5-6-9-8-11(14,7-4-2)12-10(9)13/h8,14H,3-7H2,1-2H3,(H,12,13). The van der Waals surface area contributed by atoms with E-state index in [2.05, 4.69) is 12.2 Å². The van der Waals surface area contributed by atoms with E-state index in [0.29, 0.717) is 6.42 Å². The molecule has 0 aromatic carbocycles. The predicted molar refractivity (Wildman–Crippen MR) is 55.6 cm³/mol. The zero-order valence-corrected chi connectivity index (χ0v) is 8.97. The van der Waals surface area contributed by atoms with Crippen molar-refractivity contribution < 1.29 is 9.90 Å². The fourth-order valence-electron chi connectivity index (χ4n) is 1.74. The number of carbonyl (C=O) groups excluding carboxylic acids is 1. The SMILES string of the molecule is CCCCC1=CC(O)(CCC)NC1=O. The lowest BCUT2D eigenvalue weighted by Crippen LogP contribution is -2.41. The Kier molecular flexibility index (Phi) is 3.69. The van der Waals surface area contributed by atoms with Crippen LogP contribution < -0.4 is 5.32 Å². The first-order valence-corrected chi connectivity index (χ1v) is 5.38. The molecule has 1 rings (SSSR count). The number of hydrogen-bond acceptors (Lipinski definition) is 2. The Morgan fingerprint density at radius 3 is 2.71 bits per heavy atom. The maximum atomic E-state index is 11.4. The van der Waals surface area contributed by atoms with E-state index >= 15 is 0 Å². The van der Waals surface area contributed by atoms with Gasteiger partial charge in [-0.3, -0.25) is 4.79 Å². The molecule has 0 radical (unpaired) electrons. The van der Waals surface area contributed by atoms with Gasteiger partial charge in [-0.1, -0.05) is 26.7 Å². The van der Waals surface area contributed by atoms with Gasteiger partial charge < -0.3 is 10.4 Å². The zero-order valence-electron chi connectivity index (χ0n) is 8.97. The summed E-state index contributed by atoms with van der Waals surface area (Å²) < 4.78 is 0. The molecule has 0 aromatic heterocycles. The second kappa shape index (κ2) is 4.60. The van der Waals surface area contributed by atoms with Gasteiger partial charge in [0.05, 0.1) is 0 Å². The minimum Gasteiger partial charge on any atom is -0.367 e. The average molecular weight is 197 g/mol. The van der Waals surface area contributed by atoms with Gasteiger partial charge in [0.1, 0.15) is 0 Å². The van der Waals surface area contributed by atoms with Crippen LogP contribution in [0.25, 0.3) is 0 Å². The molecule has 0 saturated carbocycles. The van der Waals surface area contributed by atoms with Crippen molar-refractivity contribution in [1.82, 2.24) is 5.32 Å². The van der Waals surface area contributed by atoms with Crippen LogP contribution in [0.4, 0.5) is 0 Å². The quantitative estimate of drug-likeness (QED) is 0.705. The third-order valence-electron chi connectivity index (χ3n) is 2.47. The Labute approximate surface area is 85.2 Å². The van der Waals surface area contributed by atoms with Gasteiger partial charge in [0.15, 0.2) is 5.72 Å². The third-order valence-corrected chi connectivity index (χ3v) is 2.47. The fraction of sp³-hybridized carbons (Fsp3) is 0.727. The smallest absolute Gasteiger partial charge is 0.249 e.